The van der Waals surface area contributed by atoms with Gasteiger partial charge in [-0.3, -0.25) is 9.69 Å². The van der Waals surface area contributed by atoms with E-state index in [-0.39, 0.29) is 11.8 Å². The number of carbonyl (C=O) groups is 1. The van der Waals surface area contributed by atoms with Crippen LogP contribution in [0.5, 0.6) is 0 Å². The highest BCUT2D eigenvalue weighted by Gasteiger charge is 2.42. The van der Waals surface area contributed by atoms with Crippen LogP contribution in [0.15, 0.2) is 18.2 Å². The van der Waals surface area contributed by atoms with Crippen molar-refractivity contribution in [3.8, 4) is 0 Å². The number of aryl methyl sites for hydroxylation is 2. The van der Waals surface area contributed by atoms with Gasteiger partial charge in [0.1, 0.15) is 0 Å². The number of nitrogens with zero attached hydrogens (tertiary/aromatic N) is 1. The Kier molecular flexibility index (Phi) is 4.42. The summed E-state index contributed by atoms with van der Waals surface area (Å²) in [5.41, 5.74) is 2.52. The summed E-state index contributed by atoms with van der Waals surface area (Å²) in [5, 5.41) is 0. The second-order valence-electron chi connectivity index (χ2n) is 5.86. The summed E-state index contributed by atoms with van der Waals surface area (Å²) in [6.45, 7) is 4.38. The molecule has 1 aromatic rings. The van der Waals surface area contributed by atoms with E-state index in [2.05, 4.69) is 0 Å². The van der Waals surface area contributed by atoms with Gasteiger partial charge in [0.15, 0.2) is 5.78 Å². The Balaban J connectivity index is 2.17. The van der Waals surface area contributed by atoms with Crippen molar-refractivity contribution in [3.05, 3.63) is 34.9 Å². The maximum Gasteiger partial charge on any atom is 0.401 e. The van der Waals surface area contributed by atoms with Crippen LogP contribution >= 0.6 is 0 Å². The molecule has 1 fully saturated rings. The Labute approximate surface area is 122 Å². The molecule has 1 unspecified atom stereocenters. The third-order valence-corrected chi connectivity index (χ3v) is 4.05. The lowest BCUT2D eigenvalue weighted by molar-refractivity contribution is -0.149. The lowest BCUT2D eigenvalue weighted by Crippen LogP contribution is -2.45. The first kappa shape index (κ1) is 16.0. The lowest BCUT2D eigenvalue weighted by Gasteiger charge is -2.29. The van der Waals surface area contributed by atoms with Crippen molar-refractivity contribution in [3.63, 3.8) is 0 Å². The molecular weight excluding hydrogens is 279 g/mol. The van der Waals surface area contributed by atoms with Crippen LogP contribution in [0.2, 0.25) is 0 Å². The Morgan fingerprint density at radius 3 is 2.38 bits per heavy atom. The van der Waals surface area contributed by atoms with E-state index in [4.69, 9.17) is 0 Å². The summed E-state index contributed by atoms with van der Waals surface area (Å²) in [7, 11) is 0. The second-order valence-corrected chi connectivity index (χ2v) is 5.86. The highest BCUT2D eigenvalue weighted by atomic mass is 19.4. The highest BCUT2D eigenvalue weighted by molar-refractivity contribution is 6.00. The van der Waals surface area contributed by atoms with Crippen molar-refractivity contribution in [1.82, 2.24) is 4.90 Å². The largest absolute Gasteiger partial charge is 0.401 e. The number of hydrogen-bond acceptors (Lipinski definition) is 2. The molecule has 2 rings (SSSR count). The third kappa shape index (κ3) is 4.06. The molecule has 0 heterocycles. The first-order valence-electron chi connectivity index (χ1n) is 7.13. The molecule has 5 heteroatoms. The van der Waals surface area contributed by atoms with E-state index in [1.807, 2.05) is 19.9 Å². The van der Waals surface area contributed by atoms with Crippen molar-refractivity contribution in [2.24, 2.45) is 0 Å². The maximum atomic E-state index is 12.7. The zero-order chi connectivity index (χ0) is 15.8. The van der Waals surface area contributed by atoms with Gasteiger partial charge in [-0.25, -0.2) is 0 Å². The minimum absolute atomic E-state index is 0.114. The Morgan fingerprint density at radius 2 is 1.90 bits per heavy atom. The van der Waals surface area contributed by atoms with Gasteiger partial charge >= 0.3 is 6.18 Å². The predicted octanol–water partition coefficient (Wildman–Crippen LogP) is 3.90. The molecule has 1 aliphatic rings. The molecule has 1 aliphatic carbocycles. The minimum atomic E-state index is -4.28. The van der Waals surface area contributed by atoms with Crippen molar-refractivity contribution in [2.45, 2.75) is 51.9 Å². The maximum absolute atomic E-state index is 12.7. The van der Waals surface area contributed by atoms with Gasteiger partial charge in [0.05, 0.1) is 12.6 Å². The number of rotatable bonds is 5. The van der Waals surface area contributed by atoms with Crippen LogP contribution in [0.4, 0.5) is 13.2 Å². The molecule has 0 spiro atoms. The zero-order valence-corrected chi connectivity index (χ0v) is 12.5. The van der Waals surface area contributed by atoms with E-state index in [9.17, 15) is 18.0 Å². The third-order valence-electron chi connectivity index (χ3n) is 4.05. The molecule has 116 valence electrons. The average molecular weight is 299 g/mol. The van der Waals surface area contributed by atoms with Crippen molar-refractivity contribution in [2.75, 3.05) is 6.54 Å². The normalized spacial score (nSPS) is 17.1. The SMILES string of the molecule is Cc1ccc(C(=O)C(C)N(CC(F)(F)F)C2CC2)cc1C. The van der Waals surface area contributed by atoms with Crippen LogP contribution in [0.25, 0.3) is 0 Å². The van der Waals surface area contributed by atoms with Crippen LogP contribution in [-0.2, 0) is 0 Å². The summed E-state index contributed by atoms with van der Waals surface area (Å²) in [4.78, 5) is 13.7. The highest BCUT2D eigenvalue weighted by Crippen LogP contribution is 2.32. The number of hydrogen-bond donors (Lipinski definition) is 0. The molecule has 0 saturated heterocycles. The molecule has 0 amide bonds. The molecule has 0 aliphatic heterocycles. The molecule has 0 radical (unpaired) electrons. The zero-order valence-electron chi connectivity index (χ0n) is 12.5. The van der Waals surface area contributed by atoms with Gasteiger partial charge in [-0.05, 0) is 50.8 Å². The van der Waals surface area contributed by atoms with Gasteiger partial charge in [0.2, 0.25) is 0 Å². The summed E-state index contributed by atoms with van der Waals surface area (Å²) < 4.78 is 38.1. The van der Waals surface area contributed by atoms with Gasteiger partial charge in [-0.15, -0.1) is 0 Å². The molecule has 1 saturated carbocycles. The molecular formula is C16H20F3NO. The number of ketones is 1. The van der Waals surface area contributed by atoms with Gasteiger partial charge < -0.3 is 0 Å². The van der Waals surface area contributed by atoms with E-state index >= 15 is 0 Å². The standard InChI is InChI=1S/C16H20F3NO/c1-10-4-5-13(8-11(10)2)15(21)12(3)20(14-6-7-14)9-16(17,18)19/h4-5,8,12,14H,6-7,9H2,1-3H3. The summed E-state index contributed by atoms with van der Waals surface area (Å²) in [6, 6.07) is 4.42. The smallest absolute Gasteiger partial charge is 0.292 e. The van der Waals surface area contributed by atoms with Gasteiger partial charge in [0.25, 0.3) is 0 Å². The average Bonchev–Trinajstić information content (AvgIpc) is 3.21. The molecule has 0 N–H and O–H groups in total. The van der Waals surface area contributed by atoms with Crippen LogP contribution in [0.3, 0.4) is 0 Å². The van der Waals surface area contributed by atoms with Crippen LogP contribution < -0.4 is 0 Å². The van der Waals surface area contributed by atoms with Crippen LogP contribution in [-0.4, -0.2) is 35.5 Å². The lowest BCUT2D eigenvalue weighted by atomic mass is 9.99. The Bertz CT molecular complexity index is 535. The summed E-state index contributed by atoms with van der Waals surface area (Å²) in [5.74, 6) is -0.241. The number of alkyl halides is 3. The van der Waals surface area contributed by atoms with Crippen LogP contribution in [0.1, 0.15) is 41.3 Å². The number of benzene rings is 1. The topological polar surface area (TPSA) is 20.3 Å². The minimum Gasteiger partial charge on any atom is -0.292 e. The van der Waals surface area contributed by atoms with E-state index in [1.54, 1.807) is 19.1 Å². The molecule has 1 atom stereocenters. The van der Waals surface area contributed by atoms with E-state index in [0.717, 1.165) is 24.0 Å². The van der Waals surface area contributed by atoms with Crippen LogP contribution in [0, 0.1) is 13.8 Å². The fraction of sp³-hybridized carbons (Fsp3) is 0.562. The van der Waals surface area contributed by atoms with Gasteiger partial charge in [-0.2, -0.15) is 13.2 Å². The molecule has 0 aromatic heterocycles. The Morgan fingerprint density at radius 1 is 1.29 bits per heavy atom. The van der Waals surface area contributed by atoms with Gasteiger partial charge in [-0.1, -0.05) is 12.1 Å². The number of Topliss-reactive ketones (excluding diaryl/α,β-unsaturated/α-hetero) is 1. The van der Waals surface area contributed by atoms with E-state index < -0.39 is 18.8 Å². The predicted molar refractivity (Wildman–Crippen MR) is 75.5 cm³/mol. The summed E-state index contributed by atoms with van der Waals surface area (Å²) in [6.07, 6.45) is -2.80. The fourth-order valence-corrected chi connectivity index (χ4v) is 2.48. The van der Waals surface area contributed by atoms with Crippen molar-refractivity contribution in [1.29, 1.82) is 0 Å². The first-order valence-corrected chi connectivity index (χ1v) is 7.13. The van der Waals surface area contributed by atoms with Crippen molar-refractivity contribution >= 4 is 5.78 Å². The van der Waals surface area contributed by atoms with E-state index in [1.165, 1.54) is 4.90 Å². The van der Waals surface area contributed by atoms with Gasteiger partial charge in [0, 0.05) is 11.6 Å². The quantitative estimate of drug-likeness (QED) is 0.769. The summed E-state index contributed by atoms with van der Waals surface area (Å²) >= 11 is 0. The number of halogens is 3. The fourth-order valence-electron chi connectivity index (χ4n) is 2.48. The molecule has 2 nitrogen and oxygen atoms in total. The van der Waals surface area contributed by atoms with E-state index in [0.29, 0.717) is 5.56 Å². The molecule has 21 heavy (non-hydrogen) atoms. The van der Waals surface area contributed by atoms with Crippen molar-refractivity contribution < 1.29 is 18.0 Å². The molecule has 0 bridgehead atoms. The second kappa shape index (κ2) is 5.79. The first-order chi connectivity index (χ1) is 9.69. The monoisotopic (exact) mass is 299 g/mol. The Hall–Kier alpha value is -1.36. The molecule has 1 aromatic carbocycles. The number of carbonyl (C=O) groups excluding carboxylic acids is 1.